The zero-order valence-electron chi connectivity index (χ0n) is 28.2. The Morgan fingerprint density at radius 1 is 0.327 bits per heavy atom. The van der Waals surface area contributed by atoms with Gasteiger partial charge in [-0.05, 0) is 77.9 Å². The maximum Gasteiger partial charge on any atom is 0.159 e. The largest absolute Gasteiger partial charge is 0.452 e. The smallest absolute Gasteiger partial charge is 0.159 e. The molecule has 0 saturated carbocycles. The van der Waals surface area contributed by atoms with Crippen molar-refractivity contribution in [3.63, 3.8) is 0 Å². The molecule has 10 rings (SSSR count). The summed E-state index contributed by atoms with van der Waals surface area (Å²) in [5.74, 6) is 0. The van der Waals surface area contributed by atoms with Gasteiger partial charge in [0.15, 0.2) is 11.2 Å². The topological polar surface area (TPSA) is 19.6 Å². The Balaban J connectivity index is 1.16. The number of thiophene rings is 1. The highest BCUT2D eigenvalue weighted by Gasteiger charge is 2.23. The number of fused-ring (bicyclic) bond motifs is 6. The molecule has 0 bridgehead atoms. The first-order chi connectivity index (χ1) is 25.8. The van der Waals surface area contributed by atoms with Crippen LogP contribution in [0.1, 0.15) is 0 Å². The first kappa shape index (κ1) is 30.2. The molecule has 0 amide bonds. The molecular formula is C48H32N2OS. The van der Waals surface area contributed by atoms with Crippen LogP contribution in [0.25, 0.3) is 53.2 Å². The van der Waals surface area contributed by atoms with Crippen LogP contribution in [0.5, 0.6) is 0 Å². The Kier molecular flexibility index (Phi) is 7.33. The summed E-state index contributed by atoms with van der Waals surface area (Å²) in [4.78, 5) is 4.62. The number of benzene rings is 8. The van der Waals surface area contributed by atoms with Gasteiger partial charge in [0.2, 0.25) is 0 Å². The Bertz CT molecular complexity index is 2840. The SMILES string of the molecule is c1ccc(-c2ccc(N(c3ccccc3)c3cccc4c3oc3c(N(c5ccccc5)c5ccc6c(c5)sc5ccccc56)cccc34)cc2)cc1. The van der Waals surface area contributed by atoms with E-state index in [9.17, 15) is 0 Å². The summed E-state index contributed by atoms with van der Waals surface area (Å²) in [6.07, 6.45) is 0. The van der Waals surface area contributed by atoms with E-state index in [-0.39, 0.29) is 0 Å². The summed E-state index contributed by atoms with van der Waals surface area (Å²) in [6, 6.07) is 68.8. The van der Waals surface area contributed by atoms with Crippen molar-refractivity contribution in [2.24, 2.45) is 0 Å². The van der Waals surface area contributed by atoms with Crippen molar-refractivity contribution in [2.75, 3.05) is 9.80 Å². The van der Waals surface area contributed by atoms with Gasteiger partial charge in [-0.2, -0.15) is 0 Å². The quantitative estimate of drug-likeness (QED) is 0.167. The molecule has 0 N–H and O–H groups in total. The summed E-state index contributed by atoms with van der Waals surface area (Å²) >= 11 is 1.84. The van der Waals surface area contributed by atoms with E-state index in [4.69, 9.17) is 4.42 Å². The van der Waals surface area contributed by atoms with Crippen LogP contribution < -0.4 is 9.80 Å². The number of furan rings is 1. The van der Waals surface area contributed by atoms with E-state index in [0.717, 1.165) is 56.1 Å². The minimum absolute atomic E-state index is 0.842. The number of rotatable bonds is 7. The average molecular weight is 685 g/mol. The lowest BCUT2D eigenvalue weighted by Gasteiger charge is -2.26. The van der Waals surface area contributed by atoms with Crippen LogP contribution in [0.4, 0.5) is 34.1 Å². The molecule has 0 atom stereocenters. The third-order valence-electron chi connectivity index (χ3n) is 9.85. The van der Waals surface area contributed by atoms with Gasteiger partial charge in [0.1, 0.15) is 0 Å². The monoisotopic (exact) mass is 684 g/mol. The number of para-hydroxylation sites is 4. The summed E-state index contributed by atoms with van der Waals surface area (Å²) in [5, 5.41) is 4.72. The van der Waals surface area contributed by atoms with Crippen LogP contribution in [0, 0.1) is 0 Å². The lowest BCUT2D eigenvalue weighted by atomic mass is 10.0. The third-order valence-corrected chi connectivity index (χ3v) is 11.0. The Morgan fingerprint density at radius 3 is 1.42 bits per heavy atom. The zero-order chi connectivity index (χ0) is 34.4. The molecule has 3 nitrogen and oxygen atoms in total. The molecule has 8 aromatic carbocycles. The van der Waals surface area contributed by atoms with E-state index in [1.54, 1.807) is 0 Å². The second kappa shape index (κ2) is 12.6. The maximum atomic E-state index is 7.11. The summed E-state index contributed by atoms with van der Waals surface area (Å²) in [6.45, 7) is 0. The lowest BCUT2D eigenvalue weighted by molar-refractivity contribution is 0.669. The third kappa shape index (κ3) is 5.12. The zero-order valence-corrected chi connectivity index (χ0v) is 29.0. The molecule has 0 unspecified atom stereocenters. The predicted octanol–water partition coefficient (Wildman–Crippen LogP) is 14.6. The molecule has 0 radical (unpaired) electrons. The molecular weight excluding hydrogens is 653 g/mol. The van der Waals surface area contributed by atoms with Crippen molar-refractivity contribution < 1.29 is 4.42 Å². The minimum atomic E-state index is 0.842. The van der Waals surface area contributed by atoms with Crippen molar-refractivity contribution >= 4 is 87.6 Å². The van der Waals surface area contributed by atoms with Gasteiger partial charge in [0, 0.05) is 53.7 Å². The molecule has 246 valence electrons. The highest BCUT2D eigenvalue weighted by atomic mass is 32.1. The van der Waals surface area contributed by atoms with Gasteiger partial charge in [-0.15, -0.1) is 11.3 Å². The number of nitrogens with zero attached hydrogens (tertiary/aromatic N) is 2. The van der Waals surface area contributed by atoms with Gasteiger partial charge in [-0.3, -0.25) is 0 Å². The maximum absolute atomic E-state index is 7.11. The molecule has 2 aromatic heterocycles. The van der Waals surface area contributed by atoms with Crippen LogP contribution in [0.2, 0.25) is 0 Å². The second-order valence-electron chi connectivity index (χ2n) is 12.9. The fraction of sp³-hybridized carbons (Fsp3) is 0. The fourth-order valence-electron chi connectivity index (χ4n) is 7.44. The highest BCUT2D eigenvalue weighted by Crippen LogP contribution is 2.47. The molecule has 0 spiro atoms. The Labute approximate surface area is 305 Å². The van der Waals surface area contributed by atoms with Crippen molar-refractivity contribution in [1.82, 2.24) is 0 Å². The molecule has 2 heterocycles. The molecule has 0 aliphatic rings. The molecule has 0 fully saturated rings. The number of hydrogen-bond donors (Lipinski definition) is 0. The minimum Gasteiger partial charge on any atom is -0.452 e. The van der Waals surface area contributed by atoms with Crippen LogP contribution in [0.3, 0.4) is 0 Å². The van der Waals surface area contributed by atoms with Crippen LogP contribution >= 0.6 is 11.3 Å². The van der Waals surface area contributed by atoms with Gasteiger partial charge >= 0.3 is 0 Å². The average Bonchev–Trinajstić information content (AvgIpc) is 3.79. The Morgan fingerprint density at radius 2 is 0.788 bits per heavy atom. The first-order valence-corrected chi connectivity index (χ1v) is 18.3. The predicted molar refractivity (Wildman–Crippen MR) is 221 cm³/mol. The molecule has 0 aliphatic heterocycles. The highest BCUT2D eigenvalue weighted by molar-refractivity contribution is 7.25. The van der Waals surface area contributed by atoms with Gasteiger partial charge in [-0.25, -0.2) is 0 Å². The van der Waals surface area contributed by atoms with E-state index in [1.807, 2.05) is 11.3 Å². The first-order valence-electron chi connectivity index (χ1n) is 17.5. The van der Waals surface area contributed by atoms with E-state index < -0.39 is 0 Å². The van der Waals surface area contributed by atoms with Crippen LogP contribution in [-0.4, -0.2) is 0 Å². The van der Waals surface area contributed by atoms with E-state index in [2.05, 4.69) is 204 Å². The normalized spacial score (nSPS) is 11.5. The van der Waals surface area contributed by atoms with E-state index in [1.165, 1.54) is 31.3 Å². The van der Waals surface area contributed by atoms with Gasteiger partial charge in [0.25, 0.3) is 0 Å². The van der Waals surface area contributed by atoms with E-state index >= 15 is 0 Å². The molecule has 4 heteroatoms. The summed E-state index contributed by atoms with van der Waals surface area (Å²) in [7, 11) is 0. The molecule has 0 aliphatic carbocycles. The van der Waals surface area contributed by atoms with Crippen LogP contribution in [0.15, 0.2) is 199 Å². The van der Waals surface area contributed by atoms with E-state index in [0.29, 0.717) is 0 Å². The molecule has 0 saturated heterocycles. The van der Waals surface area contributed by atoms with Crippen molar-refractivity contribution in [2.45, 2.75) is 0 Å². The van der Waals surface area contributed by atoms with Gasteiger partial charge in [0.05, 0.1) is 11.4 Å². The second-order valence-corrected chi connectivity index (χ2v) is 14.0. The summed E-state index contributed by atoms with van der Waals surface area (Å²) < 4.78 is 9.67. The van der Waals surface area contributed by atoms with Crippen molar-refractivity contribution in [1.29, 1.82) is 0 Å². The molecule has 10 aromatic rings. The fourth-order valence-corrected chi connectivity index (χ4v) is 8.58. The summed E-state index contributed by atoms with van der Waals surface area (Å²) in [5.41, 5.74) is 10.3. The lowest BCUT2D eigenvalue weighted by Crippen LogP contribution is -2.10. The van der Waals surface area contributed by atoms with Gasteiger partial charge < -0.3 is 14.2 Å². The van der Waals surface area contributed by atoms with Crippen molar-refractivity contribution in [3.8, 4) is 11.1 Å². The van der Waals surface area contributed by atoms with Gasteiger partial charge in [-0.1, -0.05) is 127 Å². The molecule has 52 heavy (non-hydrogen) atoms. The van der Waals surface area contributed by atoms with Crippen LogP contribution in [-0.2, 0) is 0 Å². The number of anilines is 6. The number of hydrogen-bond acceptors (Lipinski definition) is 4. The van der Waals surface area contributed by atoms with Crippen molar-refractivity contribution in [3.05, 3.63) is 194 Å². The standard InChI is InChI=1S/C48H32N2OS/c1-4-14-33(15-5-1)34-26-28-37(29-27-34)49(35-16-6-2-7-17-35)43-23-12-21-41-42-22-13-24-44(48(42)51-47(41)43)50(36-18-8-3-9-19-36)38-30-31-40-39-20-10-11-25-45(39)52-46(40)32-38/h1-32H. The Hall–Kier alpha value is -6.62.